The third-order valence-corrected chi connectivity index (χ3v) is 6.51. The van der Waals surface area contributed by atoms with Crippen LogP contribution in [0.4, 0.5) is 5.00 Å². The number of nitrogens with one attached hydrogen (secondary N) is 1. The van der Waals surface area contributed by atoms with E-state index in [1.807, 2.05) is 0 Å². The van der Waals surface area contributed by atoms with Crippen molar-refractivity contribution in [1.29, 1.82) is 0 Å². The molecule has 186 valence electrons. The third kappa shape index (κ3) is 6.52. The highest BCUT2D eigenvalue weighted by atomic mass is 32.1. The molecular formula is C26H29NO7S. The topological polar surface area (TPSA) is 114 Å². The van der Waals surface area contributed by atoms with Crippen molar-refractivity contribution in [1.82, 2.24) is 0 Å². The number of ketones is 1. The summed E-state index contributed by atoms with van der Waals surface area (Å²) < 4.78 is 15.4. The number of aryl methyl sites for hydroxylation is 1. The maximum atomic E-state index is 13.2. The van der Waals surface area contributed by atoms with E-state index >= 15 is 0 Å². The molecule has 1 aromatic heterocycles. The van der Waals surface area contributed by atoms with Crippen molar-refractivity contribution in [3.05, 3.63) is 63.8 Å². The Morgan fingerprint density at radius 2 is 1.66 bits per heavy atom. The van der Waals surface area contributed by atoms with Crippen LogP contribution in [0.1, 0.15) is 28.8 Å². The minimum atomic E-state index is -0.381. The van der Waals surface area contributed by atoms with Crippen LogP contribution in [0.3, 0.4) is 0 Å². The molecule has 0 radical (unpaired) electrons. The lowest BCUT2D eigenvalue weighted by atomic mass is 10.0. The normalized spacial score (nSPS) is 10.7. The van der Waals surface area contributed by atoms with Crippen LogP contribution in [0, 0.1) is 0 Å². The Labute approximate surface area is 207 Å². The molecule has 9 heteroatoms. The number of methoxy groups -OCH3 is 3. The molecule has 3 aromatic rings. The monoisotopic (exact) mass is 499 g/mol. The number of carbonyl (C=O) groups excluding carboxylic acids is 1. The van der Waals surface area contributed by atoms with Gasteiger partial charge in [-0.2, -0.15) is 0 Å². The summed E-state index contributed by atoms with van der Waals surface area (Å²) in [6, 6.07) is 11.2. The molecule has 0 saturated heterocycles. The number of carbonyl (C=O) groups is 1. The largest absolute Gasteiger partial charge is 0.504 e. The highest BCUT2D eigenvalue weighted by Crippen LogP contribution is 2.36. The van der Waals surface area contributed by atoms with Gasteiger partial charge in [-0.1, -0.05) is 6.07 Å². The SMILES string of the molecule is COCCCNc1sc(-c2ccc(O)c(OC)c2)cc(=O)c1C(=O)CCc1ccc(O)c(OC)c1. The number of ether oxygens (including phenoxy) is 3. The molecule has 8 nitrogen and oxygen atoms in total. The molecule has 0 fully saturated rings. The van der Waals surface area contributed by atoms with Crippen molar-refractivity contribution in [2.45, 2.75) is 19.3 Å². The quantitative estimate of drug-likeness (QED) is 0.247. The van der Waals surface area contributed by atoms with Gasteiger partial charge < -0.3 is 29.7 Å². The van der Waals surface area contributed by atoms with Crippen LogP contribution < -0.4 is 20.2 Å². The minimum absolute atomic E-state index is 0.000768. The summed E-state index contributed by atoms with van der Waals surface area (Å²) in [7, 11) is 4.53. The molecule has 35 heavy (non-hydrogen) atoms. The van der Waals surface area contributed by atoms with Crippen LogP contribution in [0.25, 0.3) is 10.4 Å². The molecule has 0 spiro atoms. The fraction of sp³-hybridized carbons (Fsp3) is 0.308. The van der Waals surface area contributed by atoms with Crippen molar-refractivity contribution in [2.24, 2.45) is 0 Å². The molecule has 0 amide bonds. The second-order valence-electron chi connectivity index (χ2n) is 7.77. The number of aromatic hydroxyl groups is 2. The van der Waals surface area contributed by atoms with Crippen molar-refractivity contribution >= 4 is 22.1 Å². The smallest absolute Gasteiger partial charge is 0.193 e. The van der Waals surface area contributed by atoms with Gasteiger partial charge in [-0.15, -0.1) is 11.3 Å². The van der Waals surface area contributed by atoms with Gasteiger partial charge in [0.15, 0.2) is 34.2 Å². The highest BCUT2D eigenvalue weighted by Gasteiger charge is 2.19. The van der Waals surface area contributed by atoms with Gasteiger partial charge in [-0.25, -0.2) is 0 Å². The van der Waals surface area contributed by atoms with E-state index in [4.69, 9.17) is 14.2 Å². The molecule has 1 heterocycles. The van der Waals surface area contributed by atoms with Gasteiger partial charge in [0, 0.05) is 37.6 Å². The van der Waals surface area contributed by atoms with E-state index in [2.05, 4.69) is 5.32 Å². The standard InChI is InChI=1S/C26H29NO7S/c1-32-12-4-11-27-26-25(20(30)9-6-16-5-8-18(28)22(13-16)33-2)21(31)15-24(35-26)17-7-10-19(29)23(14-17)34-3/h5,7-8,10,13-15,27-29H,4,6,9,11-12H2,1-3H3. The first kappa shape index (κ1) is 26.1. The predicted octanol–water partition coefficient (Wildman–Crippen LogP) is 4.47. The maximum absolute atomic E-state index is 13.2. The highest BCUT2D eigenvalue weighted by molar-refractivity contribution is 7.19. The van der Waals surface area contributed by atoms with Crippen molar-refractivity contribution in [3.8, 4) is 33.4 Å². The second kappa shape index (κ2) is 12.2. The zero-order valence-electron chi connectivity index (χ0n) is 19.9. The van der Waals surface area contributed by atoms with E-state index in [0.29, 0.717) is 52.9 Å². The van der Waals surface area contributed by atoms with Gasteiger partial charge in [-0.3, -0.25) is 9.59 Å². The van der Waals surface area contributed by atoms with Gasteiger partial charge in [0.05, 0.1) is 19.8 Å². The lowest BCUT2D eigenvalue weighted by Crippen LogP contribution is -2.18. The second-order valence-corrected chi connectivity index (χ2v) is 8.82. The van der Waals surface area contributed by atoms with Crippen molar-refractivity contribution < 1.29 is 29.2 Å². The Hall–Kier alpha value is -3.56. The van der Waals surface area contributed by atoms with Gasteiger partial charge in [0.2, 0.25) is 0 Å². The number of phenols is 2. The van der Waals surface area contributed by atoms with Crippen LogP contribution >= 0.6 is 11.3 Å². The number of hydrogen-bond donors (Lipinski definition) is 3. The number of rotatable bonds is 12. The molecule has 0 aliphatic rings. The summed E-state index contributed by atoms with van der Waals surface area (Å²) in [5.74, 6) is 0.369. The van der Waals surface area contributed by atoms with Gasteiger partial charge >= 0.3 is 0 Å². The first-order valence-electron chi connectivity index (χ1n) is 11.0. The fourth-order valence-electron chi connectivity index (χ4n) is 3.53. The van der Waals surface area contributed by atoms with Crippen LogP contribution in [-0.4, -0.2) is 50.5 Å². The van der Waals surface area contributed by atoms with E-state index in [1.165, 1.54) is 43.8 Å². The molecule has 2 aromatic carbocycles. The molecule has 0 atom stereocenters. The van der Waals surface area contributed by atoms with Crippen LogP contribution in [-0.2, 0) is 11.2 Å². The van der Waals surface area contributed by atoms with Gasteiger partial charge in [-0.05, 0) is 54.3 Å². The van der Waals surface area contributed by atoms with E-state index in [1.54, 1.807) is 31.4 Å². The third-order valence-electron chi connectivity index (χ3n) is 5.39. The Kier molecular flexibility index (Phi) is 9.11. The lowest BCUT2D eigenvalue weighted by Gasteiger charge is -2.13. The van der Waals surface area contributed by atoms with E-state index in [-0.39, 0.29) is 34.7 Å². The summed E-state index contributed by atoms with van der Waals surface area (Å²) >= 11 is 1.29. The number of hydrogen-bond acceptors (Lipinski definition) is 9. The summed E-state index contributed by atoms with van der Waals surface area (Å²) in [6.07, 6.45) is 1.21. The first-order chi connectivity index (χ1) is 16.9. The molecular weight excluding hydrogens is 470 g/mol. The zero-order valence-corrected chi connectivity index (χ0v) is 20.7. The predicted molar refractivity (Wildman–Crippen MR) is 137 cm³/mol. The summed E-state index contributed by atoms with van der Waals surface area (Å²) in [4.78, 5) is 26.9. The Morgan fingerprint density at radius 3 is 2.34 bits per heavy atom. The Balaban J connectivity index is 1.91. The molecule has 3 N–H and O–H groups in total. The molecule has 0 unspecified atom stereocenters. The molecule has 0 aliphatic heterocycles. The first-order valence-corrected chi connectivity index (χ1v) is 11.9. The van der Waals surface area contributed by atoms with Crippen LogP contribution in [0.15, 0.2) is 47.3 Å². The summed E-state index contributed by atoms with van der Waals surface area (Å²) in [6.45, 7) is 1.07. The average molecular weight is 500 g/mol. The molecule has 0 bridgehead atoms. The number of phenolic OH excluding ortho intramolecular Hbond substituents is 2. The fourth-order valence-corrected chi connectivity index (χ4v) is 4.66. The van der Waals surface area contributed by atoms with Crippen molar-refractivity contribution in [2.75, 3.05) is 39.8 Å². The molecule has 3 rings (SSSR count). The van der Waals surface area contributed by atoms with E-state index < -0.39 is 0 Å². The van der Waals surface area contributed by atoms with Gasteiger partial charge in [0.25, 0.3) is 0 Å². The van der Waals surface area contributed by atoms with E-state index in [0.717, 1.165) is 5.56 Å². The molecule has 0 aliphatic carbocycles. The average Bonchev–Trinajstić information content (AvgIpc) is 2.86. The van der Waals surface area contributed by atoms with Crippen molar-refractivity contribution in [3.63, 3.8) is 0 Å². The maximum Gasteiger partial charge on any atom is 0.193 e. The number of benzene rings is 2. The van der Waals surface area contributed by atoms with E-state index in [9.17, 15) is 19.8 Å². The van der Waals surface area contributed by atoms with Crippen LogP contribution in [0.5, 0.6) is 23.0 Å². The molecule has 0 saturated carbocycles. The number of Topliss-reactive ketones (excluding diaryl/α,β-unsaturated/α-hetero) is 1. The van der Waals surface area contributed by atoms with Crippen LogP contribution in [0.2, 0.25) is 0 Å². The lowest BCUT2D eigenvalue weighted by molar-refractivity contribution is 0.0983. The minimum Gasteiger partial charge on any atom is -0.504 e. The zero-order chi connectivity index (χ0) is 25.4. The summed E-state index contributed by atoms with van der Waals surface area (Å²) in [5.41, 5.74) is 1.24. The number of anilines is 1. The van der Waals surface area contributed by atoms with Gasteiger partial charge in [0.1, 0.15) is 5.00 Å². The Morgan fingerprint density at radius 1 is 0.971 bits per heavy atom. The Bertz CT molecular complexity index is 1240. The summed E-state index contributed by atoms with van der Waals surface area (Å²) in [5, 5.41) is 23.4.